The van der Waals surface area contributed by atoms with E-state index in [-0.39, 0.29) is 23.7 Å². The van der Waals surface area contributed by atoms with Gasteiger partial charge < -0.3 is 10.2 Å². The fourth-order valence-electron chi connectivity index (χ4n) is 2.62. The molecule has 1 spiro atoms. The molecule has 1 fully saturated rings. The summed E-state index contributed by atoms with van der Waals surface area (Å²) in [6.07, 6.45) is 1.24. The summed E-state index contributed by atoms with van der Waals surface area (Å²) in [5.74, 6) is -1.54. The Morgan fingerprint density at radius 2 is 2.08 bits per heavy atom. The summed E-state index contributed by atoms with van der Waals surface area (Å²) in [5, 5.41) is 0.551. The van der Waals surface area contributed by atoms with E-state index in [0.717, 1.165) is 4.90 Å². The Balaban J connectivity index is 1.92. The number of carbonyl (C=O) groups excluding carboxylic acids is 3. The monoisotopic (exact) mass is 369 g/mol. The van der Waals surface area contributed by atoms with Gasteiger partial charge in [-0.3, -0.25) is 9.59 Å². The summed E-state index contributed by atoms with van der Waals surface area (Å²) in [7, 11) is 0. The van der Waals surface area contributed by atoms with Gasteiger partial charge in [0.2, 0.25) is 5.91 Å². The molecule has 2 aliphatic heterocycles. The molecule has 1 saturated heterocycles. The third-order valence-corrected chi connectivity index (χ3v) is 4.47. The van der Waals surface area contributed by atoms with Crippen LogP contribution < -0.4 is 15.8 Å². The van der Waals surface area contributed by atoms with Crippen LogP contribution in [0.2, 0.25) is 10.0 Å². The highest BCUT2D eigenvalue weighted by Gasteiger charge is 2.54. The van der Waals surface area contributed by atoms with Crippen molar-refractivity contribution < 1.29 is 19.1 Å². The number of esters is 1. The minimum absolute atomic E-state index is 0.0917. The van der Waals surface area contributed by atoms with E-state index in [0.29, 0.717) is 10.7 Å². The first kappa shape index (κ1) is 16.8. The fourth-order valence-corrected chi connectivity index (χ4v) is 2.91. The van der Waals surface area contributed by atoms with Crippen LogP contribution in [0.5, 0.6) is 0 Å². The van der Waals surface area contributed by atoms with E-state index >= 15 is 0 Å². The molecule has 0 saturated carbocycles. The highest BCUT2D eigenvalue weighted by atomic mass is 35.5. The highest BCUT2D eigenvalue weighted by Crippen LogP contribution is 2.35. The maximum Gasteiger partial charge on any atom is 0.355 e. The van der Waals surface area contributed by atoms with Crippen molar-refractivity contribution in [2.24, 2.45) is 0 Å². The number of hydrazine groups is 1. The van der Waals surface area contributed by atoms with Gasteiger partial charge in [-0.05, 0) is 31.2 Å². The van der Waals surface area contributed by atoms with Crippen LogP contribution in [-0.2, 0) is 19.1 Å². The van der Waals surface area contributed by atoms with Crippen LogP contribution >= 0.6 is 23.2 Å². The number of nitrogens with one attached hydrogen (secondary N) is 2. The Kier molecular flexibility index (Phi) is 4.25. The van der Waals surface area contributed by atoms with Crippen molar-refractivity contribution in [2.45, 2.75) is 18.9 Å². The van der Waals surface area contributed by atoms with Crippen molar-refractivity contribution in [1.82, 2.24) is 10.9 Å². The maximum atomic E-state index is 12.8. The molecule has 1 atom stereocenters. The van der Waals surface area contributed by atoms with Crippen molar-refractivity contribution in [3.63, 3.8) is 0 Å². The summed E-state index contributed by atoms with van der Waals surface area (Å²) in [6.45, 7) is 1.87. The SMILES string of the molecule is CCOC(=O)C1=C[C@@]2(CC(=O)N(c3ccc(Cl)c(Cl)c3)C2=O)NN1. The van der Waals surface area contributed by atoms with Crippen molar-refractivity contribution in [3.8, 4) is 0 Å². The first-order chi connectivity index (χ1) is 11.4. The van der Waals surface area contributed by atoms with Crippen LogP contribution in [0.15, 0.2) is 30.0 Å². The quantitative estimate of drug-likeness (QED) is 0.620. The number of hydrogen-bond acceptors (Lipinski definition) is 6. The first-order valence-corrected chi connectivity index (χ1v) is 7.89. The predicted molar refractivity (Wildman–Crippen MR) is 87.3 cm³/mol. The van der Waals surface area contributed by atoms with Crippen molar-refractivity contribution in [1.29, 1.82) is 0 Å². The molecule has 3 rings (SSSR count). The van der Waals surface area contributed by atoms with Gasteiger partial charge in [-0.1, -0.05) is 23.2 Å². The zero-order chi connectivity index (χ0) is 17.5. The summed E-state index contributed by atoms with van der Waals surface area (Å²) < 4.78 is 4.88. The molecule has 24 heavy (non-hydrogen) atoms. The van der Waals surface area contributed by atoms with E-state index in [1.165, 1.54) is 24.3 Å². The van der Waals surface area contributed by atoms with Gasteiger partial charge >= 0.3 is 5.97 Å². The van der Waals surface area contributed by atoms with Gasteiger partial charge in [0.1, 0.15) is 11.2 Å². The van der Waals surface area contributed by atoms with Crippen molar-refractivity contribution in [2.75, 3.05) is 11.5 Å². The molecular weight excluding hydrogens is 357 g/mol. The number of rotatable bonds is 3. The van der Waals surface area contributed by atoms with Crippen LogP contribution in [0.25, 0.3) is 0 Å². The number of hydrogen-bond donors (Lipinski definition) is 2. The molecule has 0 bridgehead atoms. The highest BCUT2D eigenvalue weighted by molar-refractivity contribution is 6.42. The average Bonchev–Trinajstić information content (AvgIpc) is 3.06. The van der Waals surface area contributed by atoms with Crippen molar-refractivity contribution >= 4 is 46.7 Å². The summed E-state index contributed by atoms with van der Waals surface area (Å²) in [5.41, 5.74) is 4.40. The van der Waals surface area contributed by atoms with Crippen LogP contribution in [0.4, 0.5) is 5.69 Å². The molecule has 1 aromatic rings. The third kappa shape index (κ3) is 2.64. The molecule has 7 nitrogen and oxygen atoms in total. The van der Waals surface area contributed by atoms with Gasteiger partial charge in [0, 0.05) is 0 Å². The molecule has 0 aromatic heterocycles. The molecule has 2 heterocycles. The largest absolute Gasteiger partial charge is 0.461 e. The molecule has 1 aromatic carbocycles. The van der Waals surface area contributed by atoms with Crippen LogP contribution in [0, 0.1) is 0 Å². The molecule has 2 N–H and O–H groups in total. The second-order valence-electron chi connectivity index (χ2n) is 5.31. The van der Waals surface area contributed by atoms with Crippen LogP contribution in [-0.4, -0.2) is 29.9 Å². The minimum atomic E-state index is -1.33. The minimum Gasteiger partial charge on any atom is -0.461 e. The molecule has 2 aliphatic rings. The van der Waals surface area contributed by atoms with Gasteiger partial charge in [0.05, 0.1) is 28.8 Å². The number of imide groups is 1. The average molecular weight is 370 g/mol. The Bertz CT molecular complexity index is 780. The number of ether oxygens (including phenoxy) is 1. The lowest BCUT2D eigenvalue weighted by Gasteiger charge is -2.20. The molecule has 2 amide bonds. The number of halogens is 2. The van der Waals surface area contributed by atoms with E-state index in [1.54, 1.807) is 6.92 Å². The topological polar surface area (TPSA) is 87.7 Å². The summed E-state index contributed by atoms with van der Waals surface area (Å²) in [4.78, 5) is 37.9. The lowest BCUT2D eigenvalue weighted by molar-refractivity contribution is -0.139. The lowest BCUT2D eigenvalue weighted by Crippen LogP contribution is -2.51. The Labute approximate surface area is 147 Å². The van der Waals surface area contributed by atoms with Gasteiger partial charge in [0.25, 0.3) is 5.91 Å². The molecule has 126 valence electrons. The Hall–Kier alpha value is -2.09. The van der Waals surface area contributed by atoms with E-state index in [2.05, 4.69) is 10.9 Å². The van der Waals surface area contributed by atoms with Gasteiger partial charge in [-0.2, -0.15) is 0 Å². The second kappa shape index (κ2) is 6.08. The molecule has 0 unspecified atom stereocenters. The number of benzene rings is 1. The molecule has 0 radical (unpaired) electrons. The van der Waals surface area contributed by atoms with Crippen LogP contribution in [0.3, 0.4) is 0 Å². The zero-order valence-electron chi connectivity index (χ0n) is 12.6. The normalized spacial score (nSPS) is 22.8. The fraction of sp³-hybridized carbons (Fsp3) is 0.267. The van der Waals surface area contributed by atoms with Gasteiger partial charge in [0.15, 0.2) is 0 Å². The summed E-state index contributed by atoms with van der Waals surface area (Å²) >= 11 is 11.8. The second-order valence-corrected chi connectivity index (χ2v) is 6.12. The number of carbonyl (C=O) groups is 3. The summed E-state index contributed by atoms with van der Waals surface area (Å²) in [6, 6.07) is 4.48. The predicted octanol–water partition coefficient (Wildman–Crippen LogP) is 1.55. The van der Waals surface area contributed by atoms with E-state index in [4.69, 9.17) is 27.9 Å². The number of nitrogens with zero attached hydrogens (tertiary/aromatic N) is 1. The van der Waals surface area contributed by atoms with Crippen LogP contribution in [0.1, 0.15) is 13.3 Å². The Morgan fingerprint density at radius 1 is 1.33 bits per heavy atom. The standard InChI is InChI=1S/C15H13Cl2N3O4/c1-2-24-13(22)11-6-15(19-18-11)7-12(21)20(14(15)23)8-3-4-9(16)10(17)5-8/h3-6,18-19H,2,7H2,1H3/t15-/m0/s1. The molecular formula is C15H13Cl2N3O4. The lowest BCUT2D eigenvalue weighted by atomic mass is 9.98. The van der Waals surface area contributed by atoms with Crippen molar-refractivity contribution in [3.05, 3.63) is 40.0 Å². The van der Waals surface area contributed by atoms with Gasteiger partial charge in [-0.15, -0.1) is 0 Å². The van der Waals surface area contributed by atoms with Gasteiger partial charge in [-0.25, -0.2) is 15.1 Å². The smallest absolute Gasteiger partial charge is 0.355 e. The first-order valence-electron chi connectivity index (χ1n) is 7.13. The Morgan fingerprint density at radius 3 is 2.75 bits per heavy atom. The number of amides is 2. The maximum absolute atomic E-state index is 12.8. The molecule has 0 aliphatic carbocycles. The van der Waals surface area contributed by atoms with E-state index in [9.17, 15) is 14.4 Å². The molecule has 9 heteroatoms. The van der Waals surface area contributed by atoms with E-state index < -0.39 is 23.3 Å². The zero-order valence-corrected chi connectivity index (χ0v) is 14.1. The van der Waals surface area contributed by atoms with E-state index in [1.807, 2.05) is 0 Å². The third-order valence-electron chi connectivity index (χ3n) is 3.73. The number of anilines is 1.